The lowest BCUT2D eigenvalue weighted by Crippen LogP contribution is -2.22. The Bertz CT molecular complexity index is 412. The van der Waals surface area contributed by atoms with Crippen molar-refractivity contribution in [3.05, 3.63) is 23.3 Å². The van der Waals surface area contributed by atoms with E-state index in [0.29, 0.717) is 6.61 Å². The summed E-state index contributed by atoms with van der Waals surface area (Å²) in [7, 11) is 0. The first-order valence-corrected chi connectivity index (χ1v) is 5.13. The van der Waals surface area contributed by atoms with Gasteiger partial charge in [0.25, 0.3) is 0 Å². The summed E-state index contributed by atoms with van der Waals surface area (Å²) in [4.78, 5) is 11.6. The molecule has 80 valence electrons. The van der Waals surface area contributed by atoms with Gasteiger partial charge in [-0.05, 0) is 37.1 Å². The van der Waals surface area contributed by atoms with Gasteiger partial charge < -0.3 is 10.1 Å². The Morgan fingerprint density at radius 1 is 1.33 bits per heavy atom. The van der Waals surface area contributed by atoms with Crippen LogP contribution in [0.25, 0.3) is 0 Å². The highest BCUT2D eigenvalue weighted by atomic mass is 16.5. The Morgan fingerprint density at radius 2 is 2.00 bits per heavy atom. The van der Waals surface area contributed by atoms with Gasteiger partial charge in [0.05, 0.1) is 18.2 Å². The number of hydrogen-bond donors (Lipinski definition) is 1. The second-order valence-corrected chi connectivity index (χ2v) is 4.13. The molecule has 3 heteroatoms. The molecule has 2 rings (SSSR count). The highest BCUT2D eigenvalue weighted by molar-refractivity contribution is 5.94. The predicted octanol–water partition coefficient (Wildman–Crippen LogP) is 2.27. The quantitative estimate of drug-likeness (QED) is 0.705. The number of carbonyl (C=O) groups excluding carboxylic acids is 1. The highest BCUT2D eigenvalue weighted by Gasteiger charge is 2.20. The topological polar surface area (TPSA) is 38.3 Å². The average molecular weight is 205 g/mol. The fourth-order valence-corrected chi connectivity index (χ4v) is 1.55. The summed E-state index contributed by atoms with van der Waals surface area (Å²) in [6, 6.07) is 3.93. The number of aryl methyl sites for hydroxylation is 2. The molecule has 1 aromatic rings. The number of carbonyl (C=O) groups is 1. The molecule has 1 heterocycles. The van der Waals surface area contributed by atoms with Gasteiger partial charge in [-0.2, -0.15) is 0 Å². The van der Waals surface area contributed by atoms with Crippen LogP contribution in [0.15, 0.2) is 12.1 Å². The van der Waals surface area contributed by atoms with Crippen LogP contribution in [0.3, 0.4) is 0 Å². The van der Waals surface area contributed by atoms with Crippen LogP contribution < -0.4 is 10.1 Å². The molecule has 0 fully saturated rings. The lowest BCUT2D eigenvalue weighted by atomic mass is 10.1. The molecule has 1 unspecified atom stereocenters. The van der Waals surface area contributed by atoms with Crippen molar-refractivity contribution < 1.29 is 9.53 Å². The molecular formula is C12H15NO2. The van der Waals surface area contributed by atoms with E-state index in [9.17, 15) is 4.79 Å². The zero-order valence-electron chi connectivity index (χ0n) is 9.26. The molecule has 0 saturated heterocycles. The first-order chi connectivity index (χ1) is 7.08. The maximum Gasteiger partial charge on any atom is 0.230 e. The van der Waals surface area contributed by atoms with Crippen LogP contribution in [0, 0.1) is 19.8 Å². The summed E-state index contributed by atoms with van der Waals surface area (Å²) < 4.78 is 5.58. The van der Waals surface area contributed by atoms with E-state index in [2.05, 4.69) is 5.32 Å². The fourth-order valence-electron chi connectivity index (χ4n) is 1.55. The van der Waals surface area contributed by atoms with Crippen LogP contribution >= 0.6 is 0 Å². The minimum atomic E-state index is -0.0991. The number of anilines is 1. The van der Waals surface area contributed by atoms with E-state index in [1.165, 1.54) is 5.56 Å². The van der Waals surface area contributed by atoms with Crippen LogP contribution in [0.1, 0.15) is 18.1 Å². The average Bonchev–Trinajstić information content (AvgIpc) is 2.31. The lowest BCUT2D eigenvalue weighted by Gasteiger charge is -2.09. The van der Waals surface area contributed by atoms with Crippen LogP contribution in [-0.4, -0.2) is 12.5 Å². The summed E-state index contributed by atoms with van der Waals surface area (Å²) >= 11 is 0. The number of benzene rings is 1. The molecule has 0 saturated carbocycles. The predicted molar refractivity (Wildman–Crippen MR) is 59.2 cm³/mol. The second-order valence-electron chi connectivity index (χ2n) is 4.13. The number of nitrogens with one attached hydrogen (secondary N) is 1. The lowest BCUT2D eigenvalue weighted by molar-refractivity contribution is -0.119. The van der Waals surface area contributed by atoms with Crippen molar-refractivity contribution in [2.45, 2.75) is 20.8 Å². The Kier molecular flexibility index (Phi) is 2.39. The Hall–Kier alpha value is -1.51. The molecule has 1 atom stereocenters. The van der Waals surface area contributed by atoms with E-state index in [-0.39, 0.29) is 11.8 Å². The van der Waals surface area contributed by atoms with E-state index < -0.39 is 0 Å². The molecular weight excluding hydrogens is 190 g/mol. The van der Waals surface area contributed by atoms with Crippen molar-refractivity contribution in [3.63, 3.8) is 0 Å². The van der Waals surface area contributed by atoms with Crippen molar-refractivity contribution in [1.82, 2.24) is 0 Å². The van der Waals surface area contributed by atoms with E-state index in [1.807, 2.05) is 32.9 Å². The van der Waals surface area contributed by atoms with E-state index in [0.717, 1.165) is 17.0 Å². The van der Waals surface area contributed by atoms with Crippen molar-refractivity contribution in [2.24, 2.45) is 5.92 Å². The van der Waals surface area contributed by atoms with Gasteiger partial charge >= 0.3 is 0 Å². The summed E-state index contributed by atoms with van der Waals surface area (Å²) in [5.41, 5.74) is 3.12. The normalized spacial score (nSPS) is 19.9. The molecule has 0 aliphatic carbocycles. The molecule has 3 nitrogen and oxygen atoms in total. The SMILES string of the molecule is Cc1cc2c(cc1C)OCC(C)C(=O)N2. The smallest absolute Gasteiger partial charge is 0.230 e. The third-order valence-corrected chi connectivity index (χ3v) is 2.79. The molecule has 1 N–H and O–H groups in total. The molecule has 15 heavy (non-hydrogen) atoms. The molecule has 0 aromatic heterocycles. The Balaban J connectivity index is 2.43. The van der Waals surface area contributed by atoms with Crippen molar-refractivity contribution in [1.29, 1.82) is 0 Å². The monoisotopic (exact) mass is 205 g/mol. The molecule has 1 amide bonds. The standard InChI is InChI=1S/C12H15NO2/c1-7-4-10-11(5-8(7)2)15-6-9(3)12(14)13-10/h4-5,9H,6H2,1-3H3,(H,13,14). The third-order valence-electron chi connectivity index (χ3n) is 2.79. The van der Waals surface area contributed by atoms with Gasteiger partial charge in [0, 0.05) is 0 Å². The van der Waals surface area contributed by atoms with Gasteiger partial charge in [-0.1, -0.05) is 6.92 Å². The third kappa shape index (κ3) is 1.82. The van der Waals surface area contributed by atoms with Crippen molar-refractivity contribution in [3.8, 4) is 5.75 Å². The van der Waals surface area contributed by atoms with Gasteiger partial charge in [-0.3, -0.25) is 4.79 Å². The number of rotatable bonds is 0. The van der Waals surface area contributed by atoms with Crippen molar-refractivity contribution >= 4 is 11.6 Å². The van der Waals surface area contributed by atoms with Gasteiger partial charge in [0.1, 0.15) is 5.75 Å². The van der Waals surface area contributed by atoms with Gasteiger partial charge in [0.15, 0.2) is 0 Å². The van der Waals surface area contributed by atoms with Crippen LogP contribution in [0.2, 0.25) is 0 Å². The van der Waals surface area contributed by atoms with E-state index >= 15 is 0 Å². The molecule has 1 aromatic carbocycles. The first kappa shape index (κ1) is 10.0. The maximum atomic E-state index is 11.6. The van der Waals surface area contributed by atoms with E-state index in [4.69, 9.17) is 4.74 Å². The number of fused-ring (bicyclic) bond motifs is 1. The van der Waals surface area contributed by atoms with Gasteiger partial charge in [0.2, 0.25) is 5.91 Å². The molecule has 1 aliphatic rings. The Morgan fingerprint density at radius 3 is 2.73 bits per heavy atom. The zero-order chi connectivity index (χ0) is 11.0. The number of amides is 1. The minimum Gasteiger partial charge on any atom is -0.491 e. The zero-order valence-corrected chi connectivity index (χ0v) is 9.26. The molecule has 1 aliphatic heterocycles. The van der Waals surface area contributed by atoms with Crippen LogP contribution in [0.4, 0.5) is 5.69 Å². The highest BCUT2D eigenvalue weighted by Crippen LogP contribution is 2.30. The summed E-state index contributed by atoms with van der Waals surface area (Å²) in [6.45, 7) is 6.37. The van der Waals surface area contributed by atoms with E-state index in [1.54, 1.807) is 0 Å². The summed E-state index contributed by atoms with van der Waals surface area (Å²) in [6.07, 6.45) is 0. The van der Waals surface area contributed by atoms with Crippen LogP contribution in [0.5, 0.6) is 5.75 Å². The van der Waals surface area contributed by atoms with Crippen LogP contribution in [-0.2, 0) is 4.79 Å². The summed E-state index contributed by atoms with van der Waals surface area (Å²) in [5.74, 6) is 0.700. The largest absolute Gasteiger partial charge is 0.491 e. The first-order valence-electron chi connectivity index (χ1n) is 5.13. The molecule has 0 spiro atoms. The van der Waals surface area contributed by atoms with Gasteiger partial charge in [-0.25, -0.2) is 0 Å². The second kappa shape index (κ2) is 3.57. The summed E-state index contributed by atoms with van der Waals surface area (Å²) in [5, 5.41) is 2.88. The minimum absolute atomic E-state index is 0.0250. The maximum absolute atomic E-state index is 11.6. The molecule has 0 bridgehead atoms. The van der Waals surface area contributed by atoms with Crippen molar-refractivity contribution in [2.75, 3.05) is 11.9 Å². The molecule has 0 radical (unpaired) electrons. The Labute approximate surface area is 89.4 Å². The number of ether oxygens (including phenoxy) is 1. The fraction of sp³-hybridized carbons (Fsp3) is 0.417. The van der Waals surface area contributed by atoms with Gasteiger partial charge in [-0.15, -0.1) is 0 Å². The number of hydrogen-bond acceptors (Lipinski definition) is 2.